The van der Waals surface area contributed by atoms with Gasteiger partial charge in [0, 0.05) is 5.54 Å². The summed E-state index contributed by atoms with van der Waals surface area (Å²) in [6, 6.07) is 0. The van der Waals surface area contributed by atoms with E-state index in [1.54, 1.807) is 0 Å². The van der Waals surface area contributed by atoms with Crippen molar-refractivity contribution in [3.8, 4) is 0 Å². The normalized spacial score (nSPS) is 14.0. The molecule has 0 heterocycles. The van der Waals surface area contributed by atoms with Gasteiger partial charge in [0.25, 0.3) is 10.1 Å². The Bertz CT molecular complexity index is 317. The lowest BCUT2D eigenvalue weighted by Crippen LogP contribution is -2.46. The molecule has 0 unspecified atom stereocenters. The van der Waals surface area contributed by atoms with Crippen molar-refractivity contribution in [1.82, 2.24) is 0 Å². The van der Waals surface area contributed by atoms with Crippen LogP contribution in [0.2, 0.25) is 0 Å². The summed E-state index contributed by atoms with van der Waals surface area (Å²) in [6.07, 6.45) is 3.69. The second-order valence-electron chi connectivity index (χ2n) is 5.18. The maximum absolute atomic E-state index is 11.1. The van der Waals surface area contributed by atoms with E-state index in [1.165, 1.54) is 0 Å². The van der Waals surface area contributed by atoms with Gasteiger partial charge in [-0.05, 0) is 37.5 Å². The lowest BCUT2D eigenvalue weighted by molar-refractivity contribution is 0.187. The van der Waals surface area contributed by atoms with Crippen molar-refractivity contribution in [2.45, 2.75) is 65.3 Å². The van der Waals surface area contributed by atoms with Crippen LogP contribution in [0.5, 0.6) is 0 Å². The van der Waals surface area contributed by atoms with Crippen molar-refractivity contribution in [2.24, 2.45) is 11.1 Å². The first-order chi connectivity index (χ1) is 7.66. The standard InChI is InChI=1S/C12H27NO3S/c1-5-11(6-2,10-17(14,15)16)9-12(13,7-3)8-4/h5-10,13H2,1-4H3,(H,14,15,16). The fourth-order valence-corrected chi connectivity index (χ4v) is 3.67. The zero-order valence-electron chi connectivity index (χ0n) is 11.5. The average molecular weight is 265 g/mol. The Morgan fingerprint density at radius 1 is 1.00 bits per heavy atom. The van der Waals surface area contributed by atoms with Gasteiger partial charge < -0.3 is 5.73 Å². The minimum Gasteiger partial charge on any atom is -0.325 e. The van der Waals surface area contributed by atoms with E-state index in [1.807, 2.05) is 27.7 Å². The molecule has 0 aromatic carbocycles. The molecule has 0 fully saturated rings. The van der Waals surface area contributed by atoms with Crippen molar-refractivity contribution in [1.29, 1.82) is 0 Å². The van der Waals surface area contributed by atoms with E-state index >= 15 is 0 Å². The Kier molecular flexibility index (Phi) is 6.11. The van der Waals surface area contributed by atoms with E-state index in [0.717, 1.165) is 12.8 Å². The molecule has 0 aliphatic heterocycles. The molecule has 0 aliphatic carbocycles. The Labute approximate surface area is 106 Å². The molecule has 0 saturated carbocycles. The summed E-state index contributed by atoms with van der Waals surface area (Å²) < 4.78 is 31.4. The first-order valence-electron chi connectivity index (χ1n) is 6.40. The molecule has 17 heavy (non-hydrogen) atoms. The highest BCUT2D eigenvalue weighted by atomic mass is 32.2. The molecule has 0 radical (unpaired) electrons. The third kappa shape index (κ3) is 5.36. The molecule has 4 nitrogen and oxygen atoms in total. The van der Waals surface area contributed by atoms with Gasteiger partial charge in [0.2, 0.25) is 0 Å². The van der Waals surface area contributed by atoms with E-state index < -0.39 is 15.5 Å². The third-order valence-corrected chi connectivity index (χ3v) is 5.10. The second-order valence-corrected chi connectivity index (χ2v) is 6.63. The molecule has 0 bridgehead atoms. The van der Waals surface area contributed by atoms with E-state index in [0.29, 0.717) is 19.3 Å². The highest BCUT2D eigenvalue weighted by Gasteiger charge is 2.38. The number of nitrogens with two attached hydrogens (primary N) is 1. The summed E-state index contributed by atoms with van der Waals surface area (Å²) in [6.45, 7) is 7.96. The molecule has 0 aromatic heterocycles. The Morgan fingerprint density at radius 3 is 1.65 bits per heavy atom. The minimum absolute atomic E-state index is 0.189. The summed E-state index contributed by atoms with van der Waals surface area (Å²) in [5, 5.41) is 0. The molecule has 0 amide bonds. The van der Waals surface area contributed by atoms with Gasteiger partial charge in [0.1, 0.15) is 0 Å². The first kappa shape index (κ1) is 16.9. The van der Waals surface area contributed by atoms with Crippen LogP contribution in [0.1, 0.15) is 59.8 Å². The van der Waals surface area contributed by atoms with Gasteiger partial charge in [0.15, 0.2) is 0 Å². The molecule has 0 spiro atoms. The first-order valence-corrected chi connectivity index (χ1v) is 8.01. The van der Waals surface area contributed by atoms with Crippen LogP contribution >= 0.6 is 0 Å². The fourth-order valence-electron chi connectivity index (χ4n) is 2.39. The molecule has 0 rings (SSSR count). The van der Waals surface area contributed by atoms with Gasteiger partial charge in [-0.15, -0.1) is 0 Å². The van der Waals surface area contributed by atoms with E-state index in [-0.39, 0.29) is 11.3 Å². The highest BCUT2D eigenvalue weighted by molar-refractivity contribution is 7.85. The summed E-state index contributed by atoms with van der Waals surface area (Å²) in [4.78, 5) is 0. The number of hydrogen-bond donors (Lipinski definition) is 2. The van der Waals surface area contributed by atoms with Gasteiger partial charge in [-0.25, -0.2) is 0 Å². The van der Waals surface area contributed by atoms with Crippen LogP contribution in [-0.4, -0.2) is 24.3 Å². The largest absolute Gasteiger partial charge is 0.325 e. The third-order valence-electron chi connectivity index (χ3n) is 4.12. The summed E-state index contributed by atoms with van der Waals surface area (Å²) in [5.74, 6) is -0.189. The van der Waals surface area contributed by atoms with Crippen molar-refractivity contribution in [2.75, 3.05) is 5.75 Å². The average Bonchev–Trinajstić information content (AvgIpc) is 2.26. The molecule has 104 valence electrons. The van der Waals surface area contributed by atoms with Crippen LogP contribution in [0.3, 0.4) is 0 Å². The molecular formula is C12H27NO3S. The molecular weight excluding hydrogens is 238 g/mol. The smallest absolute Gasteiger partial charge is 0.265 e. The van der Waals surface area contributed by atoms with Gasteiger partial charge in [0.05, 0.1) is 5.75 Å². The van der Waals surface area contributed by atoms with Crippen LogP contribution < -0.4 is 5.73 Å². The van der Waals surface area contributed by atoms with Crippen LogP contribution in [0.4, 0.5) is 0 Å². The Balaban J connectivity index is 5.08. The van der Waals surface area contributed by atoms with E-state index in [9.17, 15) is 8.42 Å². The van der Waals surface area contributed by atoms with Crippen LogP contribution in [0, 0.1) is 5.41 Å². The quantitative estimate of drug-likeness (QED) is 0.661. The summed E-state index contributed by atoms with van der Waals surface area (Å²) >= 11 is 0. The molecule has 0 aliphatic rings. The SMILES string of the molecule is CCC(N)(CC)CC(CC)(CC)CS(=O)(=O)O. The molecule has 0 aromatic rings. The lowest BCUT2D eigenvalue weighted by Gasteiger charge is -2.39. The summed E-state index contributed by atoms with van der Waals surface area (Å²) in [7, 11) is -3.95. The van der Waals surface area contributed by atoms with Gasteiger partial charge >= 0.3 is 0 Å². The Hall–Kier alpha value is -0.130. The Morgan fingerprint density at radius 2 is 1.41 bits per heavy atom. The van der Waals surface area contributed by atoms with Gasteiger partial charge in [-0.2, -0.15) is 8.42 Å². The van der Waals surface area contributed by atoms with Crippen molar-refractivity contribution < 1.29 is 13.0 Å². The van der Waals surface area contributed by atoms with Crippen molar-refractivity contribution in [3.63, 3.8) is 0 Å². The van der Waals surface area contributed by atoms with Crippen LogP contribution in [-0.2, 0) is 10.1 Å². The molecule has 0 saturated heterocycles. The number of hydrogen-bond acceptors (Lipinski definition) is 3. The molecule has 0 atom stereocenters. The minimum atomic E-state index is -3.95. The van der Waals surface area contributed by atoms with E-state index in [2.05, 4.69) is 0 Å². The van der Waals surface area contributed by atoms with Gasteiger partial charge in [-0.3, -0.25) is 4.55 Å². The zero-order chi connectivity index (χ0) is 13.7. The molecule has 5 heteroatoms. The molecule has 3 N–H and O–H groups in total. The second kappa shape index (κ2) is 6.16. The maximum Gasteiger partial charge on any atom is 0.265 e. The van der Waals surface area contributed by atoms with Crippen molar-refractivity contribution >= 4 is 10.1 Å². The van der Waals surface area contributed by atoms with Crippen LogP contribution in [0.25, 0.3) is 0 Å². The number of rotatable bonds is 8. The monoisotopic (exact) mass is 265 g/mol. The van der Waals surface area contributed by atoms with Crippen LogP contribution in [0.15, 0.2) is 0 Å². The predicted molar refractivity (Wildman–Crippen MR) is 71.5 cm³/mol. The van der Waals surface area contributed by atoms with Crippen molar-refractivity contribution in [3.05, 3.63) is 0 Å². The topological polar surface area (TPSA) is 80.4 Å². The fraction of sp³-hybridized carbons (Fsp3) is 1.00. The van der Waals surface area contributed by atoms with Gasteiger partial charge in [-0.1, -0.05) is 27.7 Å². The maximum atomic E-state index is 11.1. The predicted octanol–water partition coefficient (Wildman–Crippen LogP) is 2.59. The summed E-state index contributed by atoms with van der Waals surface area (Å²) in [5.41, 5.74) is 5.53. The van der Waals surface area contributed by atoms with E-state index in [4.69, 9.17) is 10.3 Å². The lowest BCUT2D eigenvalue weighted by atomic mass is 9.72. The highest BCUT2D eigenvalue weighted by Crippen LogP contribution is 2.38. The zero-order valence-corrected chi connectivity index (χ0v) is 12.3.